The molecule has 3 N–H and O–H groups in total. The number of allylic oxidation sites excluding steroid dienone is 1. The molecule has 0 saturated heterocycles. The fourth-order valence-corrected chi connectivity index (χ4v) is 8.85. The van der Waals surface area contributed by atoms with Crippen LogP contribution in [0.15, 0.2) is 47.2 Å². The largest absolute Gasteiger partial charge is 0.495 e. The zero-order chi connectivity index (χ0) is 37.2. The molecule has 1 aromatic carbocycles. The number of methoxy groups -OCH3 is 1. The Morgan fingerprint density at radius 3 is 2.20 bits per heavy atom. The summed E-state index contributed by atoms with van der Waals surface area (Å²) in [7, 11) is 1.51. The zero-order valence-corrected chi connectivity index (χ0v) is 36.3. The number of oxime groups is 1. The van der Waals surface area contributed by atoms with Gasteiger partial charge in [-0.2, -0.15) is 0 Å². The third-order valence-electron chi connectivity index (χ3n) is 8.72. The zero-order valence-electron chi connectivity index (χ0n) is 30.0. The van der Waals surface area contributed by atoms with Crippen molar-refractivity contribution >= 4 is 81.2 Å². The molecule has 0 saturated carbocycles. The molecular weight excluding hydrogens is 918 g/mol. The maximum atomic E-state index is 12.8. The van der Waals surface area contributed by atoms with Crippen LogP contribution in [-0.4, -0.2) is 61.3 Å². The standard InChI is InChI=1S/C37H53Br4N3O7/c1-25(2)15-12-10-8-6-4-5-7-9-11-13-16-31(45)42-19-17-26-21-27(38)34(28(39)22-26)49-20-14-18-43-36(47)32-35(46)37(51-44-32)23-29(40)33(48-3)30(41)24-50-37/h21-22,24-25,35,46H,4-20,23H2,1-3H3,(H,42,45)(H,43,47)/t35-,37-/m0/s1. The predicted molar refractivity (Wildman–Crippen MR) is 215 cm³/mol. The molecule has 2 aliphatic heterocycles. The summed E-state index contributed by atoms with van der Waals surface area (Å²) in [5.74, 6) is -0.101. The maximum Gasteiger partial charge on any atom is 0.311 e. The number of unbranched alkanes of at least 4 members (excludes halogenated alkanes) is 9. The Hall–Kier alpha value is -1.61. The summed E-state index contributed by atoms with van der Waals surface area (Å²) in [5.41, 5.74) is 0.879. The third kappa shape index (κ3) is 14.6. The molecule has 2 amide bonds. The van der Waals surface area contributed by atoms with E-state index in [4.69, 9.17) is 19.0 Å². The molecule has 2 aliphatic rings. The van der Waals surface area contributed by atoms with Gasteiger partial charge in [-0.1, -0.05) is 99.1 Å². The second kappa shape index (κ2) is 23.2. The first-order valence-electron chi connectivity index (χ1n) is 18.0. The number of hydrogen-bond donors (Lipinski definition) is 3. The lowest BCUT2D eigenvalue weighted by molar-refractivity contribution is -0.225. The Balaban J connectivity index is 1.26. The van der Waals surface area contributed by atoms with E-state index in [0.717, 1.165) is 33.3 Å². The predicted octanol–water partition coefficient (Wildman–Crippen LogP) is 9.45. The third-order valence-corrected chi connectivity index (χ3v) is 11.1. The summed E-state index contributed by atoms with van der Waals surface area (Å²) < 4.78 is 19.7. The highest BCUT2D eigenvalue weighted by Crippen LogP contribution is 2.41. The molecule has 1 spiro atoms. The molecule has 2 atom stereocenters. The average molecular weight is 971 g/mol. The van der Waals surface area contributed by atoms with Crippen LogP contribution in [0.2, 0.25) is 0 Å². The molecule has 286 valence electrons. The van der Waals surface area contributed by atoms with Gasteiger partial charge in [0.1, 0.15) is 17.8 Å². The fraction of sp³-hybridized carbons (Fsp3) is 0.649. The lowest BCUT2D eigenvalue weighted by Crippen LogP contribution is -2.49. The van der Waals surface area contributed by atoms with Crippen LogP contribution in [0.5, 0.6) is 5.75 Å². The normalized spacial score (nSPS) is 18.6. The Morgan fingerprint density at radius 2 is 1.57 bits per heavy atom. The van der Waals surface area contributed by atoms with Crippen LogP contribution in [0.3, 0.4) is 0 Å². The first-order chi connectivity index (χ1) is 24.5. The molecule has 51 heavy (non-hydrogen) atoms. The molecule has 0 fully saturated rings. The number of rotatable bonds is 23. The molecule has 10 nitrogen and oxygen atoms in total. The van der Waals surface area contributed by atoms with Gasteiger partial charge in [-0.25, -0.2) is 0 Å². The second-order valence-corrected chi connectivity index (χ2v) is 16.9. The lowest BCUT2D eigenvalue weighted by atomic mass is 10.0. The van der Waals surface area contributed by atoms with Crippen molar-refractivity contribution < 1.29 is 33.7 Å². The average Bonchev–Trinajstić information content (AvgIpc) is 3.33. The molecule has 0 aromatic heterocycles. The molecule has 2 heterocycles. The SMILES string of the molecule is COC1=C(Br)C[C@]2(OC=C1Br)ON=C(C(=O)NCCCOc1c(Br)cc(CCNC(=O)CCCCCCCCCCCCC(C)C)cc1Br)[C@@H]2O. The number of nitrogens with one attached hydrogen (secondary N) is 2. The number of nitrogens with zero attached hydrogens (tertiary/aromatic N) is 1. The Kier molecular flexibility index (Phi) is 20.0. The summed E-state index contributed by atoms with van der Waals surface area (Å²) in [6, 6.07) is 3.98. The van der Waals surface area contributed by atoms with E-state index in [2.05, 4.69) is 93.4 Å². The van der Waals surface area contributed by atoms with E-state index >= 15 is 0 Å². The number of carbonyl (C=O) groups is 2. The summed E-state index contributed by atoms with van der Waals surface area (Å²) >= 11 is 14.0. The second-order valence-electron chi connectivity index (χ2n) is 13.4. The van der Waals surface area contributed by atoms with Gasteiger partial charge in [-0.3, -0.25) is 9.59 Å². The topological polar surface area (TPSA) is 128 Å². The van der Waals surface area contributed by atoms with Crippen molar-refractivity contribution in [3.63, 3.8) is 0 Å². The van der Waals surface area contributed by atoms with Crippen LogP contribution in [0, 0.1) is 5.92 Å². The van der Waals surface area contributed by atoms with Gasteiger partial charge in [0.15, 0.2) is 11.8 Å². The van der Waals surface area contributed by atoms with Crippen LogP contribution >= 0.6 is 63.7 Å². The molecule has 0 bridgehead atoms. The van der Waals surface area contributed by atoms with Crippen LogP contribution in [0.25, 0.3) is 0 Å². The molecule has 14 heteroatoms. The number of carbonyl (C=O) groups excluding carboxylic acids is 2. The number of halogens is 4. The molecule has 3 rings (SSSR count). The Labute approximate surface area is 336 Å². The number of aliphatic hydroxyl groups excluding tert-OH is 1. The van der Waals surface area contributed by atoms with Gasteiger partial charge in [0.2, 0.25) is 5.91 Å². The minimum absolute atomic E-state index is 0.0629. The van der Waals surface area contributed by atoms with Crippen molar-refractivity contribution in [2.24, 2.45) is 11.1 Å². The van der Waals surface area contributed by atoms with E-state index < -0.39 is 17.8 Å². The molecule has 0 radical (unpaired) electrons. The first kappa shape index (κ1) is 43.8. The number of amides is 2. The fourth-order valence-electron chi connectivity index (χ4n) is 5.82. The molecular formula is C37H53Br4N3O7. The van der Waals surface area contributed by atoms with Crippen molar-refractivity contribution in [1.82, 2.24) is 10.6 Å². The van der Waals surface area contributed by atoms with Crippen LogP contribution in [0.4, 0.5) is 0 Å². The van der Waals surface area contributed by atoms with E-state index in [-0.39, 0.29) is 24.6 Å². The maximum absolute atomic E-state index is 12.8. The quantitative estimate of drug-likeness (QED) is 0.0934. The van der Waals surface area contributed by atoms with Crippen LogP contribution in [0.1, 0.15) is 109 Å². The molecule has 1 aromatic rings. The van der Waals surface area contributed by atoms with E-state index in [1.807, 2.05) is 12.1 Å². The van der Waals surface area contributed by atoms with Crippen molar-refractivity contribution in [3.05, 3.63) is 47.6 Å². The van der Waals surface area contributed by atoms with Gasteiger partial charge < -0.3 is 34.8 Å². The Morgan fingerprint density at radius 1 is 0.941 bits per heavy atom. The summed E-state index contributed by atoms with van der Waals surface area (Å²) in [5, 5.41) is 20.5. The van der Waals surface area contributed by atoms with Crippen LogP contribution in [-0.2, 0) is 30.3 Å². The summed E-state index contributed by atoms with van der Waals surface area (Å²) in [6.07, 6.45) is 15.8. The minimum atomic E-state index is -1.60. The highest BCUT2D eigenvalue weighted by molar-refractivity contribution is 9.12. The van der Waals surface area contributed by atoms with Gasteiger partial charge in [-0.05, 0) is 90.7 Å². The summed E-state index contributed by atoms with van der Waals surface area (Å²) in [6.45, 7) is 5.79. The van der Waals surface area contributed by atoms with Gasteiger partial charge in [0.25, 0.3) is 5.91 Å². The van der Waals surface area contributed by atoms with Crippen molar-refractivity contribution in [1.29, 1.82) is 0 Å². The number of hydrogen-bond acceptors (Lipinski definition) is 8. The number of benzene rings is 1. The van der Waals surface area contributed by atoms with Gasteiger partial charge in [-0.15, -0.1) is 0 Å². The molecule has 0 unspecified atom stereocenters. The smallest absolute Gasteiger partial charge is 0.311 e. The van der Waals surface area contributed by atoms with E-state index in [0.29, 0.717) is 52.9 Å². The molecule has 0 aliphatic carbocycles. The van der Waals surface area contributed by atoms with Crippen molar-refractivity contribution in [2.45, 2.75) is 122 Å². The van der Waals surface area contributed by atoms with E-state index in [9.17, 15) is 14.7 Å². The van der Waals surface area contributed by atoms with Gasteiger partial charge >= 0.3 is 5.79 Å². The highest BCUT2D eigenvalue weighted by atomic mass is 79.9. The van der Waals surface area contributed by atoms with E-state index in [1.165, 1.54) is 71.2 Å². The lowest BCUT2D eigenvalue weighted by Gasteiger charge is -2.27. The van der Waals surface area contributed by atoms with Crippen LogP contribution < -0.4 is 15.4 Å². The van der Waals surface area contributed by atoms with Gasteiger partial charge in [0, 0.05) is 24.0 Å². The monoisotopic (exact) mass is 967 g/mol. The van der Waals surface area contributed by atoms with E-state index in [1.54, 1.807) is 0 Å². The highest BCUT2D eigenvalue weighted by Gasteiger charge is 2.54. The first-order valence-corrected chi connectivity index (χ1v) is 21.2. The van der Waals surface area contributed by atoms with Crippen molar-refractivity contribution in [3.8, 4) is 5.75 Å². The summed E-state index contributed by atoms with van der Waals surface area (Å²) in [4.78, 5) is 30.6. The minimum Gasteiger partial charge on any atom is -0.495 e. The Bertz CT molecular complexity index is 1360. The van der Waals surface area contributed by atoms with Gasteiger partial charge in [0.05, 0.1) is 33.6 Å². The number of aliphatic hydroxyl groups is 1. The number of ether oxygens (including phenoxy) is 3. The van der Waals surface area contributed by atoms with Crippen molar-refractivity contribution in [2.75, 3.05) is 26.8 Å².